The van der Waals surface area contributed by atoms with Gasteiger partial charge in [-0.1, -0.05) is 0 Å². The third kappa shape index (κ3) is 3.61. The van der Waals surface area contributed by atoms with Crippen LogP contribution in [0.2, 0.25) is 0 Å². The van der Waals surface area contributed by atoms with Crippen LogP contribution in [0.4, 0.5) is 0 Å². The zero-order valence-corrected chi connectivity index (χ0v) is 8.55. The molecule has 3 heteroatoms. The Bertz CT molecular complexity index is 229. The largest absolute Gasteiger partial charge is 0.377 e. The second-order valence-corrected chi connectivity index (χ2v) is 3.76. The molecule has 13 heavy (non-hydrogen) atoms. The van der Waals surface area contributed by atoms with Crippen molar-refractivity contribution in [2.75, 3.05) is 13.7 Å². The van der Waals surface area contributed by atoms with Crippen LogP contribution < -0.4 is 5.32 Å². The first kappa shape index (κ1) is 10.3. The molecular weight excluding hydrogens is 164 g/mol. The molecule has 0 aromatic carbocycles. The molecule has 3 nitrogen and oxygen atoms in total. The Hall–Kier alpha value is -0.800. The summed E-state index contributed by atoms with van der Waals surface area (Å²) >= 11 is 0. The fourth-order valence-corrected chi connectivity index (χ4v) is 1.05. The first-order valence-corrected chi connectivity index (χ1v) is 4.52. The van der Waals surface area contributed by atoms with Crippen LogP contribution in [0.5, 0.6) is 0 Å². The molecule has 0 radical (unpaired) electrons. The number of aromatic amines is 1. The van der Waals surface area contributed by atoms with Gasteiger partial charge in [0.1, 0.15) is 0 Å². The normalized spacial score (nSPS) is 11.9. The highest BCUT2D eigenvalue weighted by atomic mass is 16.5. The summed E-state index contributed by atoms with van der Waals surface area (Å²) in [5, 5.41) is 3.32. The number of hydrogen-bond acceptors (Lipinski definition) is 2. The molecule has 1 rings (SSSR count). The molecule has 0 saturated heterocycles. The van der Waals surface area contributed by atoms with E-state index in [4.69, 9.17) is 4.74 Å². The van der Waals surface area contributed by atoms with E-state index in [1.807, 2.05) is 12.3 Å². The van der Waals surface area contributed by atoms with Gasteiger partial charge in [0.2, 0.25) is 0 Å². The third-order valence-corrected chi connectivity index (χ3v) is 2.08. The molecule has 0 amide bonds. The Balaban J connectivity index is 2.21. The van der Waals surface area contributed by atoms with Gasteiger partial charge in [-0.15, -0.1) is 0 Å². The van der Waals surface area contributed by atoms with Gasteiger partial charge in [0.05, 0.1) is 5.60 Å². The summed E-state index contributed by atoms with van der Waals surface area (Å²) in [6, 6.07) is 4.06. The highest BCUT2D eigenvalue weighted by Crippen LogP contribution is 2.05. The number of methoxy groups -OCH3 is 1. The monoisotopic (exact) mass is 182 g/mol. The molecule has 0 saturated carbocycles. The molecule has 0 aliphatic carbocycles. The van der Waals surface area contributed by atoms with E-state index in [0.29, 0.717) is 0 Å². The fourth-order valence-electron chi connectivity index (χ4n) is 1.05. The van der Waals surface area contributed by atoms with Gasteiger partial charge in [-0.25, -0.2) is 0 Å². The summed E-state index contributed by atoms with van der Waals surface area (Å²) < 4.78 is 5.28. The fraction of sp³-hybridized carbons (Fsp3) is 0.600. The summed E-state index contributed by atoms with van der Waals surface area (Å²) in [6.07, 6.45) is 1.93. The molecule has 2 N–H and O–H groups in total. The van der Waals surface area contributed by atoms with Crippen LogP contribution in [0, 0.1) is 0 Å². The predicted octanol–water partition coefficient (Wildman–Crippen LogP) is 1.53. The van der Waals surface area contributed by atoms with Crippen molar-refractivity contribution >= 4 is 0 Å². The quantitative estimate of drug-likeness (QED) is 0.724. The van der Waals surface area contributed by atoms with E-state index in [1.165, 1.54) is 5.69 Å². The zero-order chi connectivity index (χ0) is 9.73. The van der Waals surface area contributed by atoms with Crippen LogP contribution in [-0.4, -0.2) is 24.2 Å². The summed E-state index contributed by atoms with van der Waals surface area (Å²) in [5.41, 5.74) is 1.11. The molecule has 0 aliphatic rings. The van der Waals surface area contributed by atoms with Crippen LogP contribution in [0.3, 0.4) is 0 Å². The van der Waals surface area contributed by atoms with Gasteiger partial charge in [-0.05, 0) is 26.0 Å². The molecule has 0 bridgehead atoms. The lowest BCUT2D eigenvalue weighted by molar-refractivity contribution is 0.0230. The summed E-state index contributed by atoms with van der Waals surface area (Å²) in [4.78, 5) is 3.14. The lowest BCUT2D eigenvalue weighted by atomic mass is 10.1. The lowest BCUT2D eigenvalue weighted by Gasteiger charge is -2.22. The number of aromatic nitrogens is 1. The molecular formula is C10H18N2O. The predicted molar refractivity (Wildman–Crippen MR) is 53.6 cm³/mol. The highest BCUT2D eigenvalue weighted by molar-refractivity contribution is 5.02. The van der Waals surface area contributed by atoms with E-state index in [2.05, 4.69) is 30.2 Å². The van der Waals surface area contributed by atoms with Crippen molar-refractivity contribution in [2.24, 2.45) is 0 Å². The molecule has 0 aliphatic heterocycles. The van der Waals surface area contributed by atoms with Crippen molar-refractivity contribution in [3.8, 4) is 0 Å². The summed E-state index contributed by atoms with van der Waals surface area (Å²) in [5.74, 6) is 0. The highest BCUT2D eigenvalue weighted by Gasteiger charge is 2.14. The lowest BCUT2D eigenvalue weighted by Crippen LogP contribution is -2.36. The van der Waals surface area contributed by atoms with Crippen LogP contribution in [0.1, 0.15) is 19.5 Å². The minimum Gasteiger partial charge on any atom is -0.377 e. The number of H-pyrrole nitrogens is 1. The maximum Gasteiger partial charge on any atom is 0.0746 e. The van der Waals surface area contributed by atoms with E-state index in [1.54, 1.807) is 7.11 Å². The average Bonchev–Trinajstić information content (AvgIpc) is 2.57. The van der Waals surface area contributed by atoms with Gasteiger partial charge >= 0.3 is 0 Å². The molecule has 0 spiro atoms. The minimum absolute atomic E-state index is 0.0907. The topological polar surface area (TPSA) is 37.0 Å². The van der Waals surface area contributed by atoms with Crippen LogP contribution in [0.25, 0.3) is 0 Å². The number of hydrogen-bond donors (Lipinski definition) is 2. The van der Waals surface area contributed by atoms with Gasteiger partial charge in [-0.2, -0.15) is 0 Å². The first-order chi connectivity index (χ1) is 6.14. The Morgan fingerprint density at radius 3 is 2.85 bits per heavy atom. The summed E-state index contributed by atoms with van der Waals surface area (Å²) in [6.45, 7) is 5.84. The van der Waals surface area contributed by atoms with Gasteiger partial charge in [0.15, 0.2) is 0 Å². The van der Waals surface area contributed by atoms with Gasteiger partial charge in [0, 0.05) is 32.1 Å². The Morgan fingerprint density at radius 2 is 2.31 bits per heavy atom. The van der Waals surface area contributed by atoms with Crippen molar-refractivity contribution in [1.82, 2.24) is 10.3 Å². The molecule has 1 aromatic heterocycles. The van der Waals surface area contributed by atoms with Crippen molar-refractivity contribution in [1.29, 1.82) is 0 Å². The number of ether oxygens (including phenoxy) is 1. The molecule has 0 atom stereocenters. The van der Waals surface area contributed by atoms with Gasteiger partial charge in [-0.3, -0.25) is 0 Å². The first-order valence-electron chi connectivity index (χ1n) is 4.52. The minimum atomic E-state index is -0.0907. The van der Waals surface area contributed by atoms with Crippen LogP contribution in [-0.2, 0) is 11.3 Å². The Morgan fingerprint density at radius 1 is 1.54 bits per heavy atom. The number of nitrogens with one attached hydrogen (secondary N) is 2. The molecule has 74 valence electrons. The van der Waals surface area contributed by atoms with Crippen LogP contribution >= 0.6 is 0 Å². The maximum atomic E-state index is 5.28. The van der Waals surface area contributed by atoms with Crippen LogP contribution in [0.15, 0.2) is 18.3 Å². The van der Waals surface area contributed by atoms with Crippen molar-refractivity contribution in [2.45, 2.75) is 26.0 Å². The van der Waals surface area contributed by atoms with Crippen molar-refractivity contribution < 1.29 is 4.74 Å². The maximum absolute atomic E-state index is 5.28. The SMILES string of the molecule is COC(C)(C)CNCc1ccc[nH]1. The van der Waals surface area contributed by atoms with Gasteiger partial charge < -0.3 is 15.0 Å². The van der Waals surface area contributed by atoms with Gasteiger partial charge in [0.25, 0.3) is 0 Å². The second kappa shape index (κ2) is 4.44. The Kier molecular flexibility index (Phi) is 3.51. The van der Waals surface area contributed by atoms with E-state index in [-0.39, 0.29) is 5.60 Å². The van der Waals surface area contributed by atoms with E-state index < -0.39 is 0 Å². The molecule has 1 heterocycles. The number of rotatable bonds is 5. The van der Waals surface area contributed by atoms with E-state index in [0.717, 1.165) is 13.1 Å². The molecule has 1 aromatic rings. The summed E-state index contributed by atoms with van der Waals surface area (Å²) in [7, 11) is 1.73. The van der Waals surface area contributed by atoms with Crippen molar-refractivity contribution in [3.05, 3.63) is 24.0 Å². The molecule has 0 unspecified atom stereocenters. The third-order valence-electron chi connectivity index (χ3n) is 2.08. The standard InChI is InChI=1S/C10H18N2O/c1-10(2,13-3)8-11-7-9-5-4-6-12-9/h4-6,11-12H,7-8H2,1-3H3. The molecule has 0 fully saturated rings. The average molecular weight is 182 g/mol. The Labute approximate surface area is 79.5 Å². The van der Waals surface area contributed by atoms with E-state index in [9.17, 15) is 0 Å². The smallest absolute Gasteiger partial charge is 0.0746 e. The van der Waals surface area contributed by atoms with Crippen molar-refractivity contribution in [3.63, 3.8) is 0 Å². The second-order valence-electron chi connectivity index (χ2n) is 3.76. The zero-order valence-electron chi connectivity index (χ0n) is 8.55. The van der Waals surface area contributed by atoms with E-state index >= 15 is 0 Å².